The maximum absolute atomic E-state index is 11.2. The predicted molar refractivity (Wildman–Crippen MR) is 89.0 cm³/mol. The molecule has 1 N–H and O–H groups in total. The van der Waals surface area contributed by atoms with Gasteiger partial charge >= 0.3 is 5.97 Å². The van der Waals surface area contributed by atoms with Crippen molar-refractivity contribution in [2.75, 3.05) is 19.7 Å². The van der Waals surface area contributed by atoms with E-state index in [-0.39, 0.29) is 5.92 Å². The number of rotatable bonds is 3. The molecule has 1 aromatic rings. The number of carbonyl (C=O) groups is 1. The second kappa shape index (κ2) is 6.42. The van der Waals surface area contributed by atoms with E-state index in [4.69, 9.17) is 4.74 Å². The van der Waals surface area contributed by atoms with Crippen molar-refractivity contribution in [1.29, 1.82) is 0 Å². The number of hydrogen-bond acceptors (Lipinski definition) is 3. The average molecular weight is 366 g/mol. The number of hydrogen-bond donors (Lipinski definition) is 1. The molecule has 5 heteroatoms. The molecule has 3 rings (SSSR count). The van der Waals surface area contributed by atoms with E-state index in [0.29, 0.717) is 19.2 Å². The van der Waals surface area contributed by atoms with Gasteiger partial charge in [0.1, 0.15) is 12.4 Å². The number of carboxylic acids is 1. The number of carboxylic acid groups (broad SMARTS) is 1. The Morgan fingerprint density at radius 2 is 2.27 bits per heavy atom. The second-order valence-corrected chi connectivity index (χ2v) is 7.08. The normalized spacial score (nSPS) is 25.1. The molecule has 0 radical (unpaired) electrons. The van der Waals surface area contributed by atoms with Crippen molar-refractivity contribution in [3.63, 3.8) is 0 Å². The van der Waals surface area contributed by atoms with Gasteiger partial charge in [0.15, 0.2) is 0 Å². The third-order valence-corrected chi connectivity index (χ3v) is 5.00. The summed E-state index contributed by atoms with van der Waals surface area (Å²) in [5.41, 5.74) is 2.28. The number of ether oxygens (including phenoxy) is 1. The Kier molecular flexibility index (Phi) is 4.54. The molecule has 0 bridgehead atoms. The van der Waals surface area contributed by atoms with Gasteiger partial charge < -0.3 is 9.84 Å². The highest BCUT2D eigenvalue weighted by atomic mass is 79.9. The molecule has 2 aliphatic heterocycles. The first-order valence-electron chi connectivity index (χ1n) is 7.61. The minimum atomic E-state index is -0.681. The fourth-order valence-electron chi connectivity index (χ4n) is 3.15. The van der Waals surface area contributed by atoms with Crippen LogP contribution in [0.3, 0.4) is 0 Å². The van der Waals surface area contributed by atoms with Crippen molar-refractivity contribution >= 4 is 28.0 Å². The molecule has 0 saturated carbocycles. The lowest BCUT2D eigenvalue weighted by atomic mass is 9.93. The van der Waals surface area contributed by atoms with Crippen LogP contribution in [0.25, 0.3) is 6.08 Å². The van der Waals surface area contributed by atoms with Gasteiger partial charge in [-0.25, -0.2) is 0 Å². The Bertz CT molecular complexity index is 614. The van der Waals surface area contributed by atoms with Crippen LogP contribution in [0, 0.1) is 5.92 Å². The minimum absolute atomic E-state index is 0.247. The van der Waals surface area contributed by atoms with E-state index in [1.807, 2.05) is 18.2 Å². The average Bonchev–Trinajstić information content (AvgIpc) is 2.49. The molecule has 2 heterocycles. The van der Waals surface area contributed by atoms with E-state index in [1.165, 1.54) is 5.57 Å². The second-order valence-electron chi connectivity index (χ2n) is 6.16. The predicted octanol–water partition coefficient (Wildman–Crippen LogP) is 3.41. The molecule has 2 aliphatic rings. The van der Waals surface area contributed by atoms with Gasteiger partial charge in [-0.2, -0.15) is 0 Å². The van der Waals surface area contributed by atoms with Crippen LogP contribution in [-0.4, -0.2) is 41.7 Å². The Balaban J connectivity index is 1.74. The highest BCUT2D eigenvalue weighted by Crippen LogP contribution is 2.30. The van der Waals surface area contributed by atoms with E-state index in [9.17, 15) is 9.90 Å². The van der Waals surface area contributed by atoms with E-state index >= 15 is 0 Å². The molecule has 0 aliphatic carbocycles. The number of likely N-dealkylation sites (tertiary alicyclic amines) is 1. The third-order valence-electron chi connectivity index (χ3n) is 4.51. The summed E-state index contributed by atoms with van der Waals surface area (Å²) in [4.78, 5) is 13.5. The van der Waals surface area contributed by atoms with E-state index in [1.54, 1.807) is 0 Å². The molecule has 1 fully saturated rings. The first-order chi connectivity index (χ1) is 10.5. The van der Waals surface area contributed by atoms with Crippen LogP contribution in [0.1, 0.15) is 25.3 Å². The van der Waals surface area contributed by atoms with Crippen LogP contribution in [0.2, 0.25) is 0 Å². The molecule has 2 unspecified atom stereocenters. The van der Waals surface area contributed by atoms with Crippen LogP contribution in [0.15, 0.2) is 28.2 Å². The Hall–Kier alpha value is -1.33. The van der Waals surface area contributed by atoms with Crippen molar-refractivity contribution in [3.8, 4) is 5.75 Å². The van der Waals surface area contributed by atoms with Crippen LogP contribution in [-0.2, 0) is 4.79 Å². The zero-order valence-electron chi connectivity index (χ0n) is 12.6. The molecule has 1 saturated heterocycles. The van der Waals surface area contributed by atoms with E-state index in [2.05, 4.69) is 33.8 Å². The molecule has 0 amide bonds. The van der Waals surface area contributed by atoms with Crippen molar-refractivity contribution < 1.29 is 14.6 Å². The maximum Gasteiger partial charge on any atom is 0.307 e. The molecule has 22 heavy (non-hydrogen) atoms. The summed E-state index contributed by atoms with van der Waals surface area (Å²) >= 11 is 3.48. The first-order valence-corrected chi connectivity index (χ1v) is 8.41. The first kappa shape index (κ1) is 15.6. The Morgan fingerprint density at radius 1 is 1.45 bits per heavy atom. The quantitative estimate of drug-likeness (QED) is 0.891. The van der Waals surface area contributed by atoms with Gasteiger partial charge in [0.05, 0.1) is 5.92 Å². The monoisotopic (exact) mass is 365 g/mol. The van der Waals surface area contributed by atoms with Crippen molar-refractivity contribution in [3.05, 3.63) is 33.8 Å². The fourth-order valence-corrected chi connectivity index (χ4v) is 3.53. The number of piperidine rings is 1. The summed E-state index contributed by atoms with van der Waals surface area (Å²) in [6, 6.07) is 6.41. The lowest BCUT2D eigenvalue weighted by Crippen LogP contribution is -2.45. The van der Waals surface area contributed by atoms with Gasteiger partial charge in [-0.3, -0.25) is 9.69 Å². The van der Waals surface area contributed by atoms with Crippen LogP contribution >= 0.6 is 15.9 Å². The Labute approximate surface area is 138 Å². The lowest BCUT2D eigenvalue weighted by Gasteiger charge is -2.37. The summed E-state index contributed by atoms with van der Waals surface area (Å²) in [6.45, 7) is 4.15. The molecule has 118 valence electrons. The van der Waals surface area contributed by atoms with Gasteiger partial charge in [-0.15, -0.1) is 0 Å². The van der Waals surface area contributed by atoms with Crippen LogP contribution in [0.4, 0.5) is 0 Å². The highest BCUT2D eigenvalue weighted by Gasteiger charge is 2.30. The summed E-state index contributed by atoms with van der Waals surface area (Å²) < 4.78 is 6.84. The molecule has 1 aromatic carbocycles. The number of benzene rings is 1. The fraction of sp³-hybridized carbons (Fsp3) is 0.471. The molecule has 4 nitrogen and oxygen atoms in total. The summed E-state index contributed by atoms with van der Waals surface area (Å²) in [7, 11) is 0. The van der Waals surface area contributed by atoms with Gasteiger partial charge in [-0.05, 0) is 49.6 Å². The van der Waals surface area contributed by atoms with Gasteiger partial charge in [0.2, 0.25) is 0 Å². The zero-order chi connectivity index (χ0) is 15.7. The standard InChI is InChI=1S/C17H20BrNO3/c1-11-2-3-13(17(20)21)9-19(11)8-12-6-14-7-15(18)4-5-16(14)22-10-12/h4-7,11,13H,2-3,8-10H2,1H3,(H,20,21). The number of aliphatic carboxylic acids is 1. The Morgan fingerprint density at radius 3 is 3.05 bits per heavy atom. The highest BCUT2D eigenvalue weighted by molar-refractivity contribution is 9.10. The van der Waals surface area contributed by atoms with Crippen molar-refractivity contribution in [1.82, 2.24) is 4.90 Å². The van der Waals surface area contributed by atoms with Gasteiger partial charge in [-0.1, -0.05) is 15.9 Å². The SMILES string of the molecule is CC1CCC(C(=O)O)CN1CC1=Cc2cc(Br)ccc2OC1. The number of nitrogens with zero attached hydrogens (tertiary/aromatic N) is 1. The smallest absolute Gasteiger partial charge is 0.307 e. The molecule has 2 atom stereocenters. The zero-order valence-corrected chi connectivity index (χ0v) is 14.2. The summed E-state index contributed by atoms with van der Waals surface area (Å²) in [5.74, 6) is -0.0233. The molecular formula is C17H20BrNO3. The van der Waals surface area contributed by atoms with Gasteiger partial charge in [0, 0.05) is 29.2 Å². The van der Waals surface area contributed by atoms with E-state index < -0.39 is 5.97 Å². The maximum atomic E-state index is 11.2. The topological polar surface area (TPSA) is 49.8 Å². The van der Waals surface area contributed by atoms with Crippen molar-refractivity contribution in [2.45, 2.75) is 25.8 Å². The molecule has 0 spiro atoms. The lowest BCUT2D eigenvalue weighted by molar-refractivity contribution is -0.144. The van der Waals surface area contributed by atoms with Crippen molar-refractivity contribution in [2.24, 2.45) is 5.92 Å². The van der Waals surface area contributed by atoms with E-state index in [0.717, 1.165) is 35.2 Å². The summed E-state index contributed by atoms with van der Waals surface area (Å²) in [6.07, 6.45) is 3.88. The third kappa shape index (κ3) is 3.36. The number of fused-ring (bicyclic) bond motifs is 1. The summed E-state index contributed by atoms with van der Waals surface area (Å²) in [5, 5.41) is 9.24. The van der Waals surface area contributed by atoms with Crippen LogP contribution in [0.5, 0.6) is 5.75 Å². The number of halogens is 1. The van der Waals surface area contributed by atoms with Crippen LogP contribution < -0.4 is 4.74 Å². The minimum Gasteiger partial charge on any atom is -0.489 e. The molecule has 0 aromatic heterocycles. The molecular weight excluding hydrogens is 346 g/mol. The van der Waals surface area contributed by atoms with Gasteiger partial charge in [0.25, 0.3) is 0 Å². The largest absolute Gasteiger partial charge is 0.489 e.